The van der Waals surface area contributed by atoms with Crippen LogP contribution in [0.5, 0.6) is 5.75 Å². The first-order chi connectivity index (χ1) is 7.36. The Kier molecular flexibility index (Phi) is 2.82. The molecule has 0 radical (unpaired) electrons. The van der Waals surface area contributed by atoms with E-state index in [2.05, 4.69) is 15.3 Å². The highest BCUT2D eigenvalue weighted by atomic mass is 32.1. The molecule has 0 spiro atoms. The largest absolute Gasteiger partial charge is 0.491 e. The van der Waals surface area contributed by atoms with Crippen molar-refractivity contribution in [1.82, 2.24) is 9.97 Å². The van der Waals surface area contributed by atoms with Crippen molar-refractivity contribution in [3.05, 3.63) is 23.8 Å². The van der Waals surface area contributed by atoms with Gasteiger partial charge in [-0.1, -0.05) is 6.07 Å². The molecule has 2 aromatic rings. The summed E-state index contributed by atoms with van der Waals surface area (Å²) in [5.41, 5.74) is 0.826. The smallest absolute Gasteiger partial charge is 0.188 e. The number of rotatable bonds is 3. The van der Waals surface area contributed by atoms with Crippen LogP contribution in [0.1, 0.15) is 0 Å². The quantitative estimate of drug-likeness (QED) is 0.863. The van der Waals surface area contributed by atoms with E-state index in [0.717, 1.165) is 10.6 Å². The van der Waals surface area contributed by atoms with Gasteiger partial charge >= 0.3 is 0 Å². The molecule has 0 saturated carbocycles. The molecular weight excluding hydrogens is 210 g/mol. The van der Waals surface area contributed by atoms with Gasteiger partial charge in [-0.3, -0.25) is 0 Å². The molecule has 78 valence electrons. The molecule has 15 heavy (non-hydrogen) atoms. The minimum absolute atomic E-state index is 0.683. The van der Waals surface area contributed by atoms with Crippen LogP contribution in [0.3, 0.4) is 0 Å². The monoisotopic (exact) mass is 221 g/mol. The Hall–Kier alpha value is -1.62. The van der Waals surface area contributed by atoms with E-state index >= 15 is 0 Å². The topological polar surface area (TPSA) is 47.0 Å². The van der Waals surface area contributed by atoms with Gasteiger partial charge in [-0.05, 0) is 11.4 Å². The summed E-state index contributed by atoms with van der Waals surface area (Å²) in [5.74, 6) is 1.39. The first-order valence-electron chi connectivity index (χ1n) is 4.47. The van der Waals surface area contributed by atoms with E-state index < -0.39 is 0 Å². The molecular formula is C10H11N3OS. The molecule has 2 rings (SSSR count). The maximum absolute atomic E-state index is 5.31. The van der Waals surface area contributed by atoms with E-state index in [0.29, 0.717) is 11.6 Å². The molecule has 4 nitrogen and oxygen atoms in total. The van der Waals surface area contributed by atoms with Crippen molar-refractivity contribution in [1.29, 1.82) is 0 Å². The Bertz CT molecular complexity index is 442. The Morgan fingerprint density at radius 2 is 2.27 bits per heavy atom. The zero-order valence-corrected chi connectivity index (χ0v) is 9.34. The van der Waals surface area contributed by atoms with Crippen LogP contribution in [0.4, 0.5) is 5.82 Å². The zero-order chi connectivity index (χ0) is 10.7. The first kappa shape index (κ1) is 9.92. The third-order valence-corrected chi connectivity index (χ3v) is 2.88. The molecule has 0 atom stereocenters. The molecule has 2 heterocycles. The number of ether oxygens (including phenoxy) is 1. The van der Waals surface area contributed by atoms with E-state index in [9.17, 15) is 0 Å². The minimum atomic E-state index is 0.683. The number of thiophene rings is 1. The van der Waals surface area contributed by atoms with Gasteiger partial charge in [0, 0.05) is 7.05 Å². The van der Waals surface area contributed by atoms with Crippen LogP contribution in [-0.2, 0) is 0 Å². The van der Waals surface area contributed by atoms with Gasteiger partial charge in [0.1, 0.15) is 12.0 Å². The van der Waals surface area contributed by atoms with E-state index in [1.165, 1.54) is 6.33 Å². The molecule has 5 heteroatoms. The Morgan fingerprint density at radius 3 is 2.87 bits per heavy atom. The summed E-state index contributed by atoms with van der Waals surface area (Å²) in [6, 6.07) is 4.00. The lowest BCUT2D eigenvalue weighted by molar-refractivity contribution is 0.415. The highest BCUT2D eigenvalue weighted by Gasteiger charge is 2.13. The van der Waals surface area contributed by atoms with E-state index in [4.69, 9.17) is 4.74 Å². The predicted octanol–water partition coefficient (Wildman–Crippen LogP) is 2.26. The number of methoxy groups -OCH3 is 1. The van der Waals surface area contributed by atoms with Gasteiger partial charge in [-0.15, -0.1) is 11.3 Å². The Morgan fingerprint density at radius 1 is 1.40 bits per heavy atom. The number of hydrogen-bond acceptors (Lipinski definition) is 5. The molecule has 0 aliphatic rings. The molecule has 0 bridgehead atoms. The lowest BCUT2D eigenvalue weighted by atomic mass is 10.3. The van der Waals surface area contributed by atoms with Gasteiger partial charge in [0.2, 0.25) is 0 Å². The van der Waals surface area contributed by atoms with Crippen molar-refractivity contribution >= 4 is 17.2 Å². The summed E-state index contributed by atoms with van der Waals surface area (Å²) < 4.78 is 5.31. The number of nitrogens with one attached hydrogen (secondary N) is 1. The molecule has 1 N–H and O–H groups in total. The standard InChI is InChI=1S/C10H11N3OS/c1-11-10-9(14-2)8(12-6-13-10)7-4-3-5-15-7/h3-6H,1-2H3,(H,11,12,13). The van der Waals surface area contributed by atoms with Gasteiger partial charge in [0.05, 0.1) is 12.0 Å². The van der Waals surface area contributed by atoms with Crippen LogP contribution in [0.2, 0.25) is 0 Å². The molecule has 0 unspecified atom stereocenters. The fourth-order valence-corrected chi connectivity index (χ4v) is 2.05. The summed E-state index contributed by atoms with van der Waals surface area (Å²) in [7, 11) is 3.43. The van der Waals surface area contributed by atoms with Gasteiger partial charge in [-0.2, -0.15) is 0 Å². The maximum Gasteiger partial charge on any atom is 0.188 e. The summed E-state index contributed by atoms with van der Waals surface area (Å²) in [5, 5.41) is 4.99. The van der Waals surface area contributed by atoms with Crippen molar-refractivity contribution in [2.75, 3.05) is 19.5 Å². The van der Waals surface area contributed by atoms with Gasteiger partial charge in [0.15, 0.2) is 11.6 Å². The average Bonchev–Trinajstić information content (AvgIpc) is 2.81. The molecule has 0 aliphatic heterocycles. The SMILES string of the molecule is CNc1ncnc(-c2cccs2)c1OC. The molecule has 0 aromatic carbocycles. The average molecular weight is 221 g/mol. The molecule has 2 aromatic heterocycles. The fraction of sp³-hybridized carbons (Fsp3) is 0.200. The van der Waals surface area contributed by atoms with Gasteiger partial charge in [0.25, 0.3) is 0 Å². The van der Waals surface area contributed by atoms with E-state index in [1.54, 1.807) is 18.4 Å². The minimum Gasteiger partial charge on any atom is -0.491 e. The van der Waals surface area contributed by atoms with Crippen LogP contribution < -0.4 is 10.1 Å². The van der Waals surface area contributed by atoms with Crippen molar-refractivity contribution in [2.24, 2.45) is 0 Å². The van der Waals surface area contributed by atoms with Crippen LogP contribution in [0, 0.1) is 0 Å². The Balaban J connectivity index is 2.56. The molecule has 0 amide bonds. The van der Waals surface area contributed by atoms with Crippen LogP contribution >= 0.6 is 11.3 Å². The number of anilines is 1. The number of hydrogen-bond donors (Lipinski definition) is 1. The maximum atomic E-state index is 5.31. The van der Waals surface area contributed by atoms with Gasteiger partial charge in [-0.25, -0.2) is 9.97 Å². The summed E-state index contributed by atoms with van der Waals surface area (Å²) in [4.78, 5) is 9.41. The lowest BCUT2D eigenvalue weighted by Gasteiger charge is -2.09. The summed E-state index contributed by atoms with van der Waals surface area (Å²) in [6.07, 6.45) is 1.53. The zero-order valence-electron chi connectivity index (χ0n) is 8.52. The lowest BCUT2D eigenvalue weighted by Crippen LogP contribution is -1.99. The second-order valence-corrected chi connectivity index (χ2v) is 3.78. The summed E-state index contributed by atoms with van der Waals surface area (Å²) in [6.45, 7) is 0. The third kappa shape index (κ3) is 1.78. The van der Waals surface area contributed by atoms with Crippen molar-refractivity contribution in [3.8, 4) is 16.3 Å². The fourth-order valence-electron chi connectivity index (χ4n) is 1.33. The molecule has 0 fully saturated rings. The first-order valence-corrected chi connectivity index (χ1v) is 5.35. The normalized spacial score (nSPS) is 10.0. The second-order valence-electron chi connectivity index (χ2n) is 2.83. The van der Waals surface area contributed by atoms with Crippen LogP contribution in [-0.4, -0.2) is 24.1 Å². The molecule has 0 aliphatic carbocycles. The van der Waals surface area contributed by atoms with Crippen molar-refractivity contribution in [2.45, 2.75) is 0 Å². The Labute approximate surface area is 92.0 Å². The third-order valence-electron chi connectivity index (χ3n) is 2.00. The van der Waals surface area contributed by atoms with Crippen LogP contribution in [0.25, 0.3) is 10.6 Å². The summed E-state index contributed by atoms with van der Waals surface area (Å²) >= 11 is 1.63. The van der Waals surface area contributed by atoms with Crippen LogP contribution in [0.15, 0.2) is 23.8 Å². The van der Waals surface area contributed by atoms with E-state index in [-0.39, 0.29) is 0 Å². The highest BCUT2D eigenvalue weighted by molar-refractivity contribution is 7.13. The van der Waals surface area contributed by atoms with Crippen molar-refractivity contribution in [3.63, 3.8) is 0 Å². The second kappa shape index (κ2) is 4.27. The number of nitrogens with zero attached hydrogens (tertiary/aromatic N) is 2. The molecule has 0 saturated heterocycles. The highest BCUT2D eigenvalue weighted by Crippen LogP contribution is 2.34. The predicted molar refractivity (Wildman–Crippen MR) is 61.4 cm³/mol. The van der Waals surface area contributed by atoms with Crippen molar-refractivity contribution < 1.29 is 4.74 Å². The van der Waals surface area contributed by atoms with Gasteiger partial charge < -0.3 is 10.1 Å². The number of aromatic nitrogens is 2. The van der Waals surface area contributed by atoms with E-state index in [1.807, 2.05) is 24.6 Å².